The zero-order valence-corrected chi connectivity index (χ0v) is 22.4. The number of nitrogens with one attached hydrogen (secondary N) is 2. The largest absolute Gasteiger partial charge is 0.485 e. The van der Waals surface area contributed by atoms with Crippen LogP contribution in [0, 0.1) is 18.6 Å². The second-order valence-electron chi connectivity index (χ2n) is 9.66. The van der Waals surface area contributed by atoms with Gasteiger partial charge in [0.25, 0.3) is 5.91 Å². The summed E-state index contributed by atoms with van der Waals surface area (Å²) in [5.41, 5.74) is -0.178. The molecule has 2 amide bonds. The highest BCUT2D eigenvalue weighted by Crippen LogP contribution is 2.26. The fraction of sp³-hybridized carbons (Fsp3) is 0.276. The number of carbonyl (C=O) groups excluding carboxylic acids is 2. The molecule has 9 nitrogen and oxygen atoms in total. The maximum absolute atomic E-state index is 14.1. The third-order valence-electron chi connectivity index (χ3n) is 6.30. The molecule has 41 heavy (non-hydrogen) atoms. The van der Waals surface area contributed by atoms with Crippen molar-refractivity contribution in [3.8, 4) is 5.75 Å². The first-order valence-corrected chi connectivity index (χ1v) is 12.6. The Hall–Kier alpha value is -4.58. The molecule has 0 aliphatic carbocycles. The lowest BCUT2D eigenvalue weighted by molar-refractivity contribution is 0.0915. The van der Waals surface area contributed by atoms with Crippen molar-refractivity contribution in [2.45, 2.75) is 39.2 Å². The molecule has 0 spiro atoms. The highest BCUT2D eigenvalue weighted by Gasteiger charge is 2.29. The van der Waals surface area contributed by atoms with E-state index in [4.69, 9.17) is 9.47 Å². The Balaban J connectivity index is 1.49. The number of hydrogen-bond donors (Lipinski definition) is 3. The summed E-state index contributed by atoms with van der Waals surface area (Å²) >= 11 is 0. The fourth-order valence-electron chi connectivity index (χ4n) is 4.06. The molecule has 2 heterocycles. The number of nitrogens with zero attached hydrogens (tertiary/aromatic N) is 2. The summed E-state index contributed by atoms with van der Waals surface area (Å²) in [6.45, 7) is 0.795. The zero-order valence-electron chi connectivity index (χ0n) is 22.4. The van der Waals surface area contributed by atoms with Crippen LogP contribution >= 0.6 is 0 Å². The van der Waals surface area contributed by atoms with Crippen LogP contribution in [0.25, 0.3) is 5.65 Å². The van der Waals surface area contributed by atoms with E-state index < -0.39 is 49.1 Å². The molecule has 1 atom stereocenters. The van der Waals surface area contributed by atoms with Gasteiger partial charge in [-0.05, 0) is 43.2 Å². The van der Waals surface area contributed by atoms with E-state index in [9.17, 15) is 27.9 Å². The number of carbonyl (C=O) groups is 2. The van der Waals surface area contributed by atoms with E-state index in [2.05, 4.69) is 15.6 Å². The molecule has 0 saturated heterocycles. The number of alkyl halides is 1. The summed E-state index contributed by atoms with van der Waals surface area (Å²) < 4.78 is 54.4. The molecule has 12 heteroatoms. The molecule has 216 valence electrons. The van der Waals surface area contributed by atoms with Gasteiger partial charge in [-0.3, -0.25) is 9.20 Å². The molecule has 4 aromatic rings. The number of benzene rings is 2. The van der Waals surface area contributed by atoms with Gasteiger partial charge < -0.3 is 25.2 Å². The molecular weight excluding hydrogens is 541 g/mol. The number of alkyl carbamates (subject to hydrolysis) is 1. The van der Waals surface area contributed by atoms with Crippen LogP contribution in [0.15, 0.2) is 60.8 Å². The van der Waals surface area contributed by atoms with Crippen molar-refractivity contribution in [2.75, 3.05) is 13.2 Å². The monoisotopic (exact) mass is 570 g/mol. The molecule has 0 radical (unpaired) electrons. The van der Waals surface area contributed by atoms with Gasteiger partial charge in [0, 0.05) is 12.7 Å². The number of hydrogen-bond acceptors (Lipinski definition) is 6. The van der Waals surface area contributed by atoms with Crippen LogP contribution in [-0.2, 0) is 24.6 Å². The molecule has 0 bridgehead atoms. The Labute approximate surface area is 233 Å². The average molecular weight is 571 g/mol. The lowest BCUT2D eigenvalue weighted by Crippen LogP contribution is -2.55. The van der Waals surface area contributed by atoms with E-state index in [-0.39, 0.29) is 41.5 Å². The predicted molar refractivity (Wildman–Crippen MR) is 143 cm³/mol. The van der Waals surface area contributed by atoms with Crippen LogP contribution in [0.1, 0.15) is 39.8 Å². The van der Waals surface area contributed by atoms with Crippen molar-refractivity contribution in [1.82, 2.24) is 20.0 Å². The second kappa shape index (κ2) is 12.7. The van der Waals surface area contributed by atoms with Crippen LogP contribution in [0.5, 0.6) is 5.75 Å². The number of aromatic nitrogens is 2. The number of halogens is 3. The van der Waals surface area contributed by atoms with Gasteiger partial charge in [-0.15, -0.1) is 0 Å². The maximum atomic E-state index is 14.1. The number of aliphatic hydroxyl groups excluding tert-OH is 1. The third-order valence-corrected chi connectivity index (χ3v) is 6.30. The van der Waals surface area contributed by atoms with Crippen molar-refractivity contribution in [3.63, 3.8) is 0 Å². The summed E-state index contributed by atoms with van der Waals surface area (Å²) in [6.07, 6.45) is 0.615. The van der Waals surface area contributed by atoms with E-state index in [1.807, 2.05) is 6.07 Å². The minimum absolute atomic E-state index is 0.0104. The standard InChI is InChI=1S/C29H29F3N4O5/c1-18-25(27(38)33-17-29(2,16-30)35-28(39)41-14-19-7-4-3-5-8-19)36-12-20(13-37)11-24(26(36)34-18)40-15-21-22(31)9-6-10-23(21)32/h3-12,37H,13-17H2,1-2H3,(H,33,38)(H,35,39). The lowest BCUT2D eigenvalue weighted by atomic mass is 10.1. The first-order valence-electron chi connectivity index (χ1n) is 12.6. The van der Waals surface area contributed by atoms with Crippen LogP contribution < -0.4 is 15.4 Å². The van der Waals surface area contributed by atoms with E-state index in [1.54, 1.807) is 31.2 Å². The molecule has 0 aliphatic rings. The smallest absolute Gasteiger partial charge is 0.408 e. The van der Waals surface area contributed by atoms with Crippen LogP contribution in [0.4, 0.5) is 18.0 Å². The first kappa shape index (κ1) is 29.4. The van der Waals surface area contributed by atoms with Gasteiger partial charge in [-0.2, -0.15) is 0 Å². The minimum atomic E-state index is -1.48. The van der Waals surface area contributed by atoms with Gasteiger partial charge in [0.15, 0.2) is 11.4 Å². The summed E-state index contributed by atoms with van der Waals surface area (Å²) in [5, 5.41) is 14.8. The summed E-state index contributed by atoms with van der Waals surface area (Å²) in [4.78, 5) is 29.9. The molecule has 0 aliphatic heterocycles. The number of rotatable bonds is 11. The molecule has 0 fully saturated rings. The summed E-state index contributed by atoms with van der Waals surface area (Å²) in [7, 11) is 0. The number of imidazole rings is 1. The number of fused-ring (bicyclic) bond motifs is 1. The van der Waals surface area contributed by atoms with E-state index in [0.717, 1.165) is 17.7 Å². The van der Waals surface area contributed by atoms with Gasteiger partial charge in [-0.25, -0.2) is 22.9 Å². The van der Waals surface area contributed by atoms with Gasteiger partial charge in [0.05, 0.1) is 23.4 Å². The Bertz CT molecular complexity index is 1530. The molecule has 2 aromatic heterocycles. The molecule has 3 N–H and O–H groups in total. The van der Waals surface area contributed by atoms with Crippen molar-refractivity contribution in [2.24, 2.45) is 0 Å². The van der Waals surface area contributed by atoms with Crippen molar-refractivity contribution < 1.29 is 37.3 Å². The number of amides is 2. The third kappa shape index (κ3) is 6.95. The van der Waals surface area contributed by atoms with Crippen molar-refractivity contribution >= 4 is 17.6 Å². The molecule has 4 rings (SSSR count). The SMILES string of the molecule is Cc1nc2c(OCc3c(F)cccc3F)cc(CO)cn2c1C(=O)NCC(C)(CF)NC(=O)OCc1ccccc1. The van der Waals surface area contributed by atoms with Gasteiger partial charge >= 0.3 is 6.09 Å². The van der Waals surface area contributed by atoms with E-state index in [0.29, 0.717) is 5.56 Å². The maximum Gasteiger partial charge on any atom is 0.408 e. The highest BCUT2D eigenvalue weighted by atomic mass is 19.1. The molecular formula is C29H29F3N4O5. The van der Waals surface area contributed by atoms with Crippen LogP contribution in [0.3, 0.4) is 0 Å². The Morgan fingerprint density at radius 1 is 1.05 bits per heavy atom. The fourth-order valence-corrected chi connectivity index (χ4v) is 4.06. The van der Waals surface area contributed by atoms with Crippen LogP contribution in [0.2, 0.25) is 0 Å². The second-order valence-corrected chi connectivity index (χ2v) is 9.66. The number of pyridine rings is 1. The summed E-state index contributed by atoms with van der Waals surface area (Å²) in [5.74, 6) is -2.13. The lowest BCUT2D eigenvalue weighted by Gasteiger charge is -2.27. The number of aryl methyl sites for hydroxylation is 1. The van der Waals surface area contributed by atoms with Gasteiger partial charge in [-0.1, -0.05) is 36.4 Å². The Morgan fingerprint density at radius 3 is 2.41 bits per heavy atom. The van der Waals surface area contributed by atoms with E-state index >= 15 is 0 Å². The molecule has 0 saturated carbocycles. The number of aliphatic hydroxyl groups is 1. The van der Waals surface area contributed by atoms with Crippen LogP contribution in [-0.4, -0.2) is 45.2 Å². The predicted octanol–water partition coefficient (Wildman–Crippen LogP) is 4.38. The first-order chi connectivity index (χ1) is 19.6. The Kier molecular flexibility index (Phi) is 9.13. The average Bonchev–Trinajstić information content (AvgIpc) is 3.30. The molecule has 1 unspecified atom stereocenters. The minimum Gasteiger partial charge on any atom is -0.485 e. The zero-order chi connectivity index (χ0) is 29.6. The summed E-state index contributed by atoms with van der Waals surface area (Å²) in [6, 6.07) is 13.9. The Morgan fingerprint density at radius 2 is 1.76 bits per heavy atom. The topological polar surface area (TPSA) is 114 Å². The van der Waals surface area contributed by atoms with E-state index in [1.165, 1.54) is 29.7 Å². The normalized spacial score (nSPS) is 12.5. The highest BCUT2D eigenvalue weighted by molar-refractivity contribution is 5.95. The van der Waals surface area contributed by atoms with Crippen molar-refractivity contribution in [1.29, 1.82) is 0 Å². The van der Waals surface area contributed by atoms with Gasteiger partial charge in [0.1, 0.15) is 37.2 Å². The van der Waals surface area contributed by atoms with Gasteiger partial charge in [0.2, 0.25) is 0 Å². The van der Waals surface area contributed by atoms with Crippen molar-refractivity contribution in [3.05, 3.63) is 101 Å². The quantitative estimate of drug-likeness (QED) is 0.247. The molecule has 2 aromatic carbocycles. The number of ether oxygens (including phenoxy) is 2.